The molecule has 0 N–H and O–H groups in total. The zero-order valence-electron chi connectivity index (χ0n) is 10.3. The lowest BCUT2D eigenvalue weighted by Crippen LogP contribution is -2.07. The number of hydrogen-bond donors (Lipinski definition) is 0. The molecule has 0 unspecified atom stereocenters. The highest BCUT2D eigenvalue weighted by Crippen LogP contribution is 2.23. The van der Waals surface area contributed by atoms with Crippen LogP contribution >= 0.6 is 0 Å². The first-order valence-electron chi connectivity index (χ1n) is 5.46. The van der Waals surface area contributed by atoms with Crippen LogP contribution in [-0.4, -0.2) is 5.78 Å². The lowest BCUT2D eigenvalue weighted by atomic mass is 9.90. The highest BCUT2D eigenvalue weighted by atomic mass is 16.1. The molecule has 0 radical (unpaired) electrons. The van der Waals surface area contributed by atoms with Crippen LogP contribution in [0.2, 0.25) is 0 Å². The van der Waals surface area contributed by atoms with Crippen LogP contribution in [-0.2, 0) is 0 Å². The zero-order chi connectivity index (χ0) is 12.3. The van der Waals surface area contributed by atoms with E-state index < -0.39 is 0 Å². The molecule has 16 heavy (non-hydrogen) atoms. The summed E-state index contributed by atoms with van der Waals surface area (Å²) in [5.41, 5.74) is 5.19. The highest BCUT2D eigenvalue weighted by molar-refractivity contribution is 5.99. The molecular weight excluding hydrogens is 198 g/mol. The second-order valence-corrected chi connectivity index (χ2v) is 4.22. The van der Waals surface area contributed by atoms with E-state index in [2.05, 4.69) is 6.07 Å². The first-order chi connectivity index (χ1) is 7.49. The van der Waals surface area contributed by atoms with Gasteiger partial charge in [-0.25, -0.2) is 0 Å². The zero-order valence-corrected chi connectivity index (χ0v) is 10.3. The van der Waals surface area contributed by atoms with Gasteiger partial charge in [-0.3, -0.25) is 4.79 Å². The van der Waals surface area contributed by atoms with Crippen LogP contribution in [0, 0.1) is 39.0 Å². The fraction of sp³-hybridized carbons (Fsp3) is 0.429. The lowest BCUT2D eigenvalue weighted by Gasteiger charge is -2.13. The average molecular weight is 215 g/mol. The predicted octanol–water partition coefficient (Wildman–Crippen LogP) is 3.41. The molecular formula is C14H17NO. The Bertz CT molecular complexity index is 440. The van der Waals surface area contributed by atoms with Gasteiger partial charge >= 0.3 is 0 Å². The van der Waals surface area contributed by atoms with Crippen LogP contribution in [0.3, 0.4) is 0 Å². The first-order valence-corrected chi connectivity index (χ1v) is 5.46. The number of carbonyl (C=O) groups excluding carboxylic acids is 1. The molecule has 0 saturated carbocycles. The fourth-order valence-electron chi connectivity index (χ4n) is 1.93. The molecule has 1 aromatic rings. The molecule has 84 valence electrons. The van der Waals surface area contributed by atoms with Crippen LogP contribution in [0.5, 0.6) is 0 Å². The van der Waals surface area contributed by atoms with Crippen LogP contribution in [0.1, 0.15) is 45.5 Å². The van der Waals surface area contributed by atoms with Gasteiger partial charge in [0.2, 0.25) is 0 Å². The molecule has 0 aromatic heterocycles. The molecule has 1 rings (SSSR count). The molecule has 0 heterocycles. The highest BCUT2D eigenvalue weighted by Gasteiger charge is 2.15. The topological polar surface area (TPSA) is 40.9 Å². The molecule has 0 fully saturated rings. The number of carbonyl (C=O) groups is 1. The van der Waals surface area contributed by atoms with E-state index in [0.717, 1.165) is 27.8 Å². The summed E-state index contributed by atoms with van der Waals surface area (Å²) in [6.07, 6.45) is 0.617. The van der Waals surface area contributed by atoms with Crippen molar-refractivity contribution >= 4 is 5.78 Å². The summed E-state index contributed by atoms with van der Waals surface area (Å²) in [6.45, 7) is 7.98. The predicted molar refractivity (Wildman–Crippen MR) is 64.6 cm³/mol. The Balaban J connectivity index is 3.22. The Morgan fingerprint density at radius 3 is 2.12 bits per heavy atom. The summed E-state index contributed by atoms with van der Waals surface area (Å²) in [6, 6.07) is 4.12. The summed E-state index contributed by atoms with van der Waals surface area (Å²) in [7, 11) is 0. The van der Waals surface area contributed by atoms with Gasteiger partial charge in [-0.2, -0.15) is 5.26 Å². The van der Waals surface area contributed by atoms with Crippen LogP contribution in [0.4, 0.5) is 0 Å². The van der Waals surface area contributed by atoms with Gasteiger partial charge < -0.3 is 0 Å². The van der Waals surface area contributed by atoms with E-state index in [1.807, 2.05) is 33.8 Å². The molecule has 0 aliphatic heterocycles. The quantitative estimate of drug-likeness (QED) is 0.725. The van der Waals surface area contributed by atoms with Crippen molar-refractivity contribution in [2.75, 3.05) is 0 Å². The molecule has 0 saturated heterocycles. The van der Waals surface area contributed by atoms with Crippen molar-refractivity contribution in [1.82, 2.24) is 0 Å². The minimum atomic E-state index is 0.0864. The van der Waals surface area contributed by atoms with E-state index in [-0.39, 0.29) is 5.78 Å². The largest absolute Gasteiger partial charge is 0.294 e. The van der Waals surface area contributed by atoms with E-state index in [4.69, 9.17) is 5.26 Å². The number of hydrogen-bond acceptors (Lipinski definition) is 2. The number of nitrogens with zero attached hydrogens (tertiary/aromatic N) is 1. The maximum absolute atomic E-state index is 12.0. The Morgan fingerprint density at radius 2 is 1.69 bits per heavy atom. The van der Waals surface area contributed by atoms with Gasteiger partial charge in [0, 0.05) is 18.4 Å². The standard InChI is InChI=1S/C14H17NO/c1-9-8-10(2)12(4)14(11(9)3)13(16)6-5-7-15/h8H,5-6H2,1-4H3. The van der Waals surface area contributed by atoms with Crippen molar-refractivity contribution in [3.05, 3.63) is 33.9 Å². The van der Waals surface area contributed by atoms with Gasteiger partial charge in [-0.1, -0.05) is 6.07 Å². The first kappa shape index (κ1) is 12.4. The number of rotatable bonds is 3. The SMILES string of the molecule is Cc1cc(C)c(C)c(C(=O)CCC#N)c1C. The average Bonchev–Trinajstić information content (AvgIpc) is 2.24. The van der Waals surface area contributed by atoms with E-state index >= 15 is 0 Å². The summed E-state index contributed by atoms with van der Waals surface area (Å²) >= 11 is 0. The van der Waals surface area contributed by atoms with Crippen molar-refractivity contribution < 1.29 is 4.79 Å². The summed E-state index contributed by atoms with van der Waals surface area (Å²) < 4.78 is 0. The maximum Gasteiger partial charge on any atom is 0.164 e. The summed E-state index contributed by atoms with van der Waals surface area (Å²) in [5.74, 6) is 0.0864. The Morgan fingerprint density at radius 1 is 1.19 bits per heavy atom. The van der Waals surface area contributed by atoms with Gasteiger partial charge in [0.05, 0.1) is 6.07 Å². The van der Waals surface area contributed by atoms with E-state index in [9.17, 15) is 4.79 Å². The van der Waals surface area contributed by atoms with Crippen molar-refractivity contribution in [2.24, 2.45) is 0 Å². The smallest absolute Gasteiger partial charge is 0.164 e. The monoisotopic (exact) mass is 215 g/mol. The fourth-order valence-corrected chi connectivity index (χ4v) is 1.93. The van der Waals surface area contributed by atoms with Crippen molar-refractivity contribution in [1.29, 1.82) is 5.26 Å². The lowest BCUT2D eigenvalue weighted by molar-refractivity contribution is 0.0983. The summed E-state index contributed by atoms with van der Waals surface area (Å²) in [4.78, 5) is 12.0. The second kappa shape index (κ2) is 4.94. The minimum absolute atomic E-state index is 0.0864. The molecule has 0 spiro atoms. The van der Waals surface area contributed by atoms with E-state index in [1.54, 1.807) is 0 Å². The van der Waals surface area contributed by atoms with Gasteiger partial charge in [0.15, 0.2) is 5.78 Å². The maximum atomic E-state index is 12.0. The Kier molecular flexibility index (Phi) is 3.84. The molecule has 0 atom stereocenters. The third kappa shape index (κ3) is 2.30. The molecule has 2 nitrogen and oxygen atoms in total. The Labute approximate surface area is 96.9 Å². The third-order valence-electron chi connectivity index (χ3n) is 3.11. The molecule has 1 aromatic carbocycles. The van der Waals surface area contributed by atoms with Crippen LogP contribution in [0.25, 0.3) is 0 Å². The molecule has 0 amide bonds. The van der Waals surface area contributed by atoms with Crippen molar-refractivity contribution in [2.45, 2.75) is 40.5 Å². The molecule has 0 bridgehead atoms. The van der Waals surface area contributed by atoms with Gasteiger partial charge in [0.1, 0.15) is 0 Å². The molecule has 0 aliphatic rings. The van der Waals surface area contributed by atoms with Gasteiger partial charge in [-0.05, 0) is 49.9 Å². The number of ketones is 1. The minimum Gasteiger partial charge on any atom is -0.294 e. The van der Waals surface area contributed by atoms with E-state index in [1.165, 1.54) is 0 Å². The van der Waals surface area contributed by atoms with E-state index in [0.29, 0.717) is 12.8 Å². The van der Waals surface area contributed by atoms with Crippen LogP contribution < -0.4 is 0 Å². The number of benzene rings is 1. The molecule has 2 heteroatoms. The van der Waals surface area contributed by atoms with Crippen molar-refractivity contribution in [3.63, 3.8) is 0 Å². The Hall–Kier alpha value is -1.62. The number of aryl methyl sites for hydroxylation is 2. The second-order valence-electron chi connectivity index (χ2n) is 4.22. The van der Waals surface area contributed by atoms with Gasteiger partial charge in [-0.15, -0.1) is 0 Å². The van der Waals surface area contributed by atoms with Gasteiger partial charge in [0.25, 0.3) is 0 Å². The normalized spacial score (nSPS) is 9.94. The van der Waals surface area contributed by atoms with Crippen LogP contribution in [0.15, 0.2) is 6.07 Å². The molecule has 0 aliphatic carbocycles. The third-order valence-corrected chi connectivity index (χ3v) is 3.11. The number of nitriles is 1. The summed E-state index contributed by atoms with van der Waals surface area (Å²) in [5, 5.41) is 8.51. The number of Topliss-reactive ketones (excluding diaryl/α,β-unsaturated/α-hetero) is 1. The van der Waals surface area contributed by atoms with Crippen molar-refractivity contribution in [3.8, 4) is 6.07 Å².